The molecule has 152 valence electrons. The number of nitrogens with one attached hydrogen (secondary N) is 1. The van der Waals surface area contributed by atoms with Crippen LogP contribution in [-0.2, 0) is 6.54 Å². The van der Waals surface area contributed by atoms with Gasteiger partial charge in [0.25, 0.3) is 5.91 Å². The Morgan fingerprint density at radius 3 is 2.76 bits per heavy atom. The van der Waals surface area contributed by atoms with Gasteiger partial charge < -0.3 is 14.8 Å². The fourth-order valence-corrected chi connectivity index (χ4v) is 2.65. The van der Waals surface area contributed by atoms with Crippen LogP contribution in [0.1, 0.15) is 22.8 Å². The summed E-state index contributed by atoms with van der Waals surface area (Å²) >= 11 is 0. The number of aromatic nitrogens is 2. The number of hydrogen-bond donors (Lipinski definition) is 1. The standard InChI is InChI=1S/C20H18F3N3O3/c1-2-28-18-9-14(6-7-17(18)29-20(22)23)19(27)25-16-10-24-26(12-16)11-13-4-3-5-15(21)8-13/h3-10,12,20H,2,11H2,1H3,(H,25,27). The van der Waals surface area contributed by atoms with Crippen molar-refractivity contribution in [2.24, 2.45) is 0 Å². The van der Waals surface area contributed by atoms with Crippen molar-refractivity contribution < 1.29 is 27.4 Å². The quantitative estimate of drug-likeness (QED) is 0.606. The van der Waals surface area contributed by atoms with Gasteiger partial charge >= 0.3 is 6.61 Å². The van der Waals surface area contributed by atoms with Gasteiger partial charge in [-0.15, -0.1) is 0 Å². The van der Waals surface area contributed by atoms with Crippen LogP contribution < -0.4 is 14.8 Å². The molecule has 0 saturated carbocycles. The van der Waals surface area contributed by atoms with E-state index in [2.05, 4.69) is 15.2 Å². The number of carbonyl (C=O) groups excluding carboxylic acids is 1. The molecular formula is C20H18F3N3O3. The van der Waals surface area contributed by atoms with Gasteiger partial charge in [0.15, 0.2) is 11.5 Å². The van der Waals surface area contributed by atoms with Gasteiger partial charge in [0.05, 0.1) is 25.0 Å². The molecule has 0 spiro atoms. The molecule has 0 aliphatic heterocycles. The van der Waals surface area contributed by atoms with Gasteiger partial charge in [-0.3, -0.25) is 9.48 Å². The maximum Gasteiger partial charge on any atom is 0.387 e. The number of hydrogen-bond acceptors (Lipinski definition) is 4. The minimum atomic E-state index is -3.00. The second-order valence-corrected chi connectivity index (χ2v) is 5.98. The van der Waals surface area contributed by atoms with Crippen molar-refractivity contribution in [2.75, 3.05) is 11.9 Å². The number of halogens is 3. The number of nitrogens with zero attached hydrogens (tertiary/aromatic N) is 2. The van der Waals surface area contributed by atoms with Crippen molar-refractivity contribution in [1.29, 1.82) is 0 Å². The molecule has 2 aromatic carbocycles. The van der Waals surface area contributed by atoms with Crippen molar-refractivity contribution in [1.82, 2.24) is 9.78 Å². The lowest BCUT2D eigenvalue weighted by atomic mass is 10.2. The van der Waals surface area contributed by atoms with Gasteiger partial charge in [-0.1, -0.05) is 12.1 Å². The minimum Gasteiger partial charge on any atom is -0.490 e. The highest BCUT2D eigenvalue weighted by Crippen LogP contribution is 2.30. The van der Waals surface area contributed by atoms with Gasteiger partial charge in [0.2, 0.25) is 0 Å². The zero-order chi connectivity index (χ0) is 20.8. The summed E-state index contributed by atoms with van der Waals surface area (Å²) in [4.78, 5) is 12.5. The Kier molecular flexibility index (Phi) is 6.38. The summed E-state index contributed by atoms with van der Waals surface area (Å²) in [6.07, 6.45) is 3.05. The Morgan fingerprint density at radius 1 is 1.21 bits per heavy atom. The minimum absolute atomic E-state index is 0.0437. The monoisotopic (exact) mass is 405 g/mol. The molecule has 0 saturated heterocycles. The Bertz CT molecular complexity index is 992. The van der Waals surface area contributed by atoms with E-state index in [0.29, 0.717) is 12.2 Å². The van der Waals surface area contributed by atoms with Crippen LogP contribution in [0.3, 0.4) is 0 Å². The Balaban J connectivity index is 1.70. The summed E-state index contributed by atoms with van der Waals surface area (Å²) in [5.74, 6) is -0.920. The molecule has 0 fully saturated rings. The summed E-state index contributed by atoms with van der Waals surface area (Å²) in [5.41, 5.74) is 1.35. The van der Waals surface area contributed by atoms with E-state index in [-0.39, 0.29) is 29.5 Å². The van der Waals surface area contributed by atoms with Crippen LogP contribution in [0.2, 0.25) is 0 Å². The van der Waals surface area contributed by atoms with E-state index >= 15 is 0 Å². The number of anilines is 1. The largest absolute Gasteiger partial charge is 0.490 e. The van der Waals surface area contributed by atoms with Crippen LogP contribution >= 0.6 is 0 Å². The topological polar surface area (TPSA) is 65.4 Å². The number of alkyl halides is 2. The summed E-state index contributed by atoms with van der Waals surface area (Å²) in [6, 6.07) is 10.1. The van der Waals surface area contributed by atoms with Crippen molar-refractivity contribution >= 4 is 11.6 Å². The number of carbonyl (C=O) groups is 1. The maximum atomic E-state index is 13.3. The van der Waals surface area contributed by atoms with Crippen LogP contribution in [0.4, 0.5) is 18.9 Å². The fourth-order valence-electron chi connectivity index (χ4n) is 2.65. The van der Waals surface area contributed by atoms with Crippen molar-refractivity contribution in [2.45, 2.75) is 20.1 Å². The predicted molar refractivity (Wildman–Crippen MR) is 99.9 cm³/mol. The molecule has 0 radical (unpaired) electrons. The number of ether oxygens (including phenoxy) is 2. The molecular weight excluding hydrogens is 387 g/mol. The zero-order valence-corrected chi connectivity index (χ0v) is 15.4. The van der Waals surface area contributed by atoms with Crippen molar-refractivity contribution in [3.8, 4) is 11.5 Å². The summed E-state index contributed by atoms with van der Waals surface area (Å²) in [6.45, 7) is -0.761. The van der Waals surface area contributed by atoms with Gasteiger partial charge in [0.1, 0.15) is 5.82 Å². The normalized spacial score (nSPS) is 10.8. The lowest BCUT2D eigenvalue weighted by Gasteiger charge is -2.12. The number of benzene rings is 2. The molecule has 0 unspecified atom stereocenters. The molecule has 1 N–H and O–H groups in total. The molecule has 0 aliphatic rings. The first kappa shape index (κ1) is 20.2. The average molecular weight is 405 g/mol. The second kappa shape index (κ2) is 9.13. The van der Waals surface area contributed by atoms with Crippen LogP contribution in [0.15, 0.2) is 54.9 Å². The summed E-state index contributed by atoms with van der Waals surface area (Å²) < 4.78 is 49.4. The van der Waals surface area contributed by atoms with Crippen molar-refractivity contribution in [3.63, 3.8) is 0 Å². The van der Waals surface area contributed by atoms with E-state index in [0.717, 1.165) is 5.56 Å². The average Bonchev–Trinajstić information content (AvgIpc) is 3.09. The third kappa shape index (κ3) is 5.50. The van der Waals surface area contributed by atoms with E-state index < -0.39 is 12.5 Å². The zero-order valence-electron chi connectivity index (χ0n) is 15.4. The van der Waals surface area contributed by atoms with E-state index in [4.69, 9.17) is 4.74 Å². The van der Waals surface area contributed by atoms with E-state index in [1.165, 1.54) is 36.5 Å². The van der Waals surface area contributed by atoms with Crippen LogP contribution in [-0.4, -0.2) is 28.9 Å². The molecule has 1 heterocycles. The van der Waals surface area contributed by atoms with Gasteiger partial charge in [-0.2, -0.15) is 13.9 Å². The van der Waals surface area contributed by atoms with Crippen LogP contribution in [0.5, 0.6) is 11.5 Å². The molecule has 3 rings (SSSR count). The van der Waals surface area contributed by atoms with E-state index in [9.17, 15) is 18.0 Å². The maximum absolute atomic E-state index is 13.3. The lowest BCUT2D eigenvalue weighted by molar-refractivity contribution is -0.0514. The second-order valence-electron chi connectivity index (χ2n) is 5.98. The molecule has 9 heteroatoms. The highest BCUT2D eigenvalue weighted by Gasteiger charge is 2.15. The Hall–Kier alpha value is -3.49. The first-order valence-electron chi connectivity index (χ1n) is 8.74. The summed E-state index contributed by atoms with van der Waals surface area (Å²) in [5, 5.41) is 6.80. The molecule has 1 aromatic heterocycles. The Labute approximate surface area is 164 Å². The van der Waals surface area contributed by atoms with Gasteiger partial charge in [0, 0.05) is 11.8 Å². The lowest BCUT2D eigenvalue weighted by Crippen LogP contribution is -2.12. The SMILES string of the molecule is CCOc1cc(C(=O)Nc2cnn(Cc3cccc(F)c3)c2)ccc1OC(F)F. The summed E-state index contributed by atoms with van der Waals surface area (Å²) in [7, 11) is 0. The molecule has 0 atom stereocenters. The molecule has 3 aromatic rings. The molecule has 0 bridgehead atoms. The molecule has 6 nitrogen and oxygen atoms in total. The first-order chi connectivity index (χ1) is 13.9. The Morgan fingerprint density at radius 2 is 2.03 bits per heavy atom. The highest BCUT2D eigenvalue weighted by molar-refractivity contribution is 6.04. The van der Waals surface area contributed by atoms with Crippen molar-refractivity contribution in [3.05, 3.63) is 71.8 Å². The van der Waals surface area contributed by atoms with Crippen LogP contribution in [0.25, 0.3) is 0 Å². The third-order valence-electron chi connectivity index (χ3n) is 3.85. The molecule has 0 aliphatic carbocycles. The van der Waals surface area contributed by atoms with Gasteiger partial charge in [-0.25, -0.2) is 4.39 Å². The third-order valence-corrected chi connectivity index (χ3v) is 3.85. The van der Waals surface area contributed by atoms with Crippen LogP contribution in [0, 0.1) is 5.82 Å². The smallest absolute Gasteiger partial charge is 0.387 e. The van der Waals surface area contributed by atoms with Gasteiger partial charge in [-0.05, 0) is 42.8 Å². The number of rotatable bonds is 8. The fraction of sp³-hybridized carbons (Fsp3) is 0.200. The number of amides is 1. The van der Waals surface area contributed by atoms with E-state index in [1.807, 2.05) is 0 Å². The predicted octanol–water partition coefficient (Wildman–Crippen LogP) is 4.32. The first-order valence-corrected chi connectivity index (χ1v) is 8.74. The highest BCUT2D eigenvalue weighted by atomic mass is 19.3. The molecule has 29 heavy (non-hydrogen) atoms. The molecule has 1 amide bonds. The van der Waals surface area contributed by atoms with E-state index in [1.54, 1.807) is 29.9 Å².